The first-order valence-electron chi connectivity index (χ1n) is 9.34. The third kappa shape index (κ3) is 3.89. The number of fused-ring (bicyclic) bond motifs is 2. The molecule has 7 heteroatoms. The maximum Gasteiger partial charge on any atom is 0.257 e. The summed E-state index contributed by atoms with van der Waals surface area (Å²) in [6.45, 7) is 0. The fraction of sp³-hybridized carbons (Fsp3) is 0. The maximum absolute atomic E-state index is 12.7. The van der Waals surface area contributed by atoms with E-state index in [-0.39, 0.29) is 5.91 Å². The van der Waals surface area contributed by atoms with Gasteiger partial charge in [-0.1, -0.05) is 47.5 Å². The highest BCUT2D eigenvalue weighted by molar-refractivity contribution is 14.1. The highest BCUT2D eigenvalue weighted by atomic mass is 127. The number of anilines is 1. The number of benzene rings is 4. The Morgan fingerprint density at radius 3 is 2.58 bits per heavy atom. The van der Waals surface area contributed by atoms with Crippen LogP contribution in [0.1, 0.15) is 10.4 Å². The van der Waals surface area contributed by atoms with Crippen molar-refractivity contribution >= 4 is 79.3 Å². The van der Waals surface area contributed by atoms with Gasteiger partial charge in [0.05, 0.1) is 10.6 Å². The van der Waals surface area contributed by atoms with Crippen LogP contribution in [0.2, 0.25) is 10.0 Å². The normalized spacial score (nSPS) is 11.2. The van der Waals surface area contributed by atoms with Gasteiger partial charge < -0.3 is 9.73 Å². The highest BCUT2D eigenvalue weighted by Gasteiger charge is 2.15. The summed E-state index contributed by atoms with van der Waals surface area (Å²) < 4.78 is 6.92. The number of nitrogens with zero attached hydrogens (tertiary/aromatic N) is 1. The van der Waals surface area contributed by atoms with Crippen LogP contribution in [0.4, 0.5) is 5.69 Å². The number of hydrogen-bond donors (Lipinski definition) is 1. The fourth-order valence-corrected chi connectivity index (χ4v) is 4.38. The van der Waals surface area contributed by atoms with Gasteiger partial charge in [-0.25, -0.2) is 4.98 Å². The lowest BCUT2D eigenvalue weighted by atomic mass is 10.0. The van der Waals surface area contributed by atoms with Crippen molar-refractivity contribution in [2.75, 3.05) is 5.32 Å². The Balaban J connectivity index is 1.51. The van der Waals surface area contributed by atoms with Crippen LogP contribution < -0.4 is 5.32 Å². The monoisotopic (exact) mass is 558 g/mol. The molecule has 0 spiro atoms. The minimum absolute atomic E-state index is 0.282. The second kappa shape index (κ2) is 8.15. The number of halogens is 3. The van der Waals surface area contributed by atoms with E-state index in [4.69, 9.17) is 27.6 Å². The lowest BCUT2D eigenvalue weighted by molar-refractivity contribution is 0.102. The predicted molar refractivity (Wildman–Crippen MR) is 134 cm³/mol. The zero-order valence-corrected chi connectivity index (χ0v) is 19.5. The van der Waals surface area contributed by atoms with Gasteiger partial charge in [-0.15, -0.1) is 0 Å². The number of nitrogens with one attached hydrogen (secondary N) is 1. The van der Waals surface area contributed by atoms with Crippen LogP contribution in [0.5, 0.6) is 0 Å². The first kappa shape index (κ1) is 20.3. The molecule has 0 atom stereocenters. The van der Waals surface area contributed by atoms with Crippen molar-refractivity contribution in [3.63, 3.8) is 0 Å². The summed E-state index contributed by atoms with van der Waals surface area (Å²) in [6, 6.07) is 22.2. The van der Waals surface area contributed by atoms with Crippen molar-refractivity contribution in [1.82, 2.24) is 4.98 Å². The van der Waals surface area contributed by atoms with Crippen LogP contribution in [-0.2, 0) is 0 Å². The van der Waals surface area contributed by atoms with E-state index < -0.39 is 0 Å². The van der Waals surface area contributed by atoms with Crippen LogP contribution in [-0.4, -0.2) is 10.9 Å². The molecule has 0 fully saturated rings. The van der Waals surface area contributed by atoms with Crippen LogP contribution >= 0.6 is 45.8 Å². The zero-order valence-electron chi connectivity index (χ0n) is 15.8. The van der Waals surface area contributed by atoms with Gasteiger partial charge in [-0.05, 0) is 76.5 Å². The van der Waals surface area contributed by atoms with Crippen molar-refractivity contribution in [2.45, 2.75) is 0 Å². The Morgan fingerprint density at radius 1 is 0.903 bits per heavy atom. The number of carbonyl (C=O) groups excluding carboxylic acids is 1. The standard InChI is InChI=1S/C24H13Cl2IN2O2/c25-19-6-2-3-15-16(19)4-1-5-17(15)24-29-21-12-14(8-10-22(21)31-24)28-23(30)18-11-13(27)7-9-20(18)26/h1-12H,(H,28,30). The van der Waals surface area contributed by atoms with E-state index in [0.717, 1.165) is 19.9 Å². The Labute approximate surface area is 201 Å². The van der Waals surface area contributed by atoms with Crippen molar-refractivity contribution in [3.8, 4) is 11.5 Å². The quantitative estimate of drug-likeness (QED) is 0.230. The van der Waals surface area contributed by atoms with Crippen molar-refractivity contribution < 1.29 is 9.21 Å². The van der Waals surface area contributed by atoms with Crippen molar-refractivity contribution in [1.29, 1.82) is 0 Å². The van der Waals surface area contributed by atoms with Gasteiger partial charge in [0.15, 0.2) is 5.58 Å². The van der Waals surface area contributed by atoms with Gasteiger partial charge in [-0.3, -0.25) is 4.79 Å². The number of aromatic nitrogens is 1. The summed E-state index contributed by atoms with van der Waals surface area (Å²) in [5.74, 6) is 0.210. The van der Waals surface area contributed by atoms with Crippen LogP contribution in [0.25, 0.3) is 33.3 Å². The molecular weight excluding hydrogens is 546 g/mol. The van der Waals surface area contributed by atoms with Gasteiger partial charge in [0.25, 0.3) is 5.91 Å². The van der Waals surface area contributed by atoms with Gasteiger partial charge in [-0.2, -0.15) is 0 Å². The smallest absolute Gasteiger partial charge is 0.257 e. The largest absolute Gasteiger partial charge is 0.436 e. The Hall–Kier alpha value is -2.61. The molecular formula is C24H13Cl2IN2O2. The molecule has 0 unspecified atom stereocenters. The van der Waals surface area contributed by atoms with E-state index in [1.54, 1.807) is 30.3 Å². The summed E-state index contributed by atoms with van der Waals surface area (Å²) in [5, 5.41) is 5.85. The topological polar surface area (TPSA) is 55.1 Å². The minimum atomic E-state index is -0.282. The zero-order chi connectivity index (χ0) is 21.5. The number of hydrogen-bond acceptors (Lipinski definition) is 3. The van der Waals surface area contributed by atoms with Gasteiger partial charge in [0, 0.05) is 25.2 Å². The van der Waals surface area contributed by atoms with E-state index in [1.165, 1.54) is 0 Å². The molecule has 0 bridgehead atoms. The first-order chi connectivity index (χ1) is 15.0. The van der Waals surface area contributed by atoms with Crippen LogP contribution in [0.3, 0.4) is 0 Å². The molecule has 0 saturated heterocycles. The molecule has 0 aliphatic rings. The molecule has 5 aromatic rings. The van der Waals surface area contributed by atoms with Crippen molar-refractivity contribution in [3.05, 3.63) is 92.0 Å². The summed E-state index contributed by atoms with van der Waals surface area (Å²) in [4.78, 5) is 17.3. The van der Waals surface area contributed by atoms with E-state index in [1.807, 2.05) is 42.5 Å². The molecule has 1 N–H and O–H groups in total. The Bertz CT molecular complexity index is 1480. The highest BCUT2D eigenvalue weighted by Crippen LogP contribution is 2.34. The SMILES string of the molecule is O=C(Nc1ccc2oc(-c3cccc4c(Cl)cccc34)nc2c1)c1cc(I)ccc1Cl. The molecule has 1 heterocycles. The number of carbonyl (C=O) groups is 1. The molecule has 0 aliphatic heterocycles. The summed E-state index contributed by atoms with van der Waals surface area (Å²) in [6.07, 6.45) is 0. The molecule has 4 nitrogen and oxygen atoms in total. The third-order valence-corrected chi connectivity index (χ3v) is 6.25. The summed E-state index contributed by atoms with van der Waals surface area (Å²) in [5.41, 5.74) is 3.14. The lowest BCUT2D eigenvalue weighted by Crippen LogP contribution is -2.12. The molecule has 5 rings (SSSR count). The van der Waals surface area contributed by atoms with Crippen LogP contribution in [0, 0.1) is 3.57 Å². The molecule has 152 valence electrons. The molecule has 31 heavy (non-hydrogen) atoms. The Morgan fingerprint density at radius 2 is 1.71 bits per heavy atom. The summed E-state index contributed by atoms with van der Waals surface area (Å²) >= 11 is 14.7. The predicted octanol–water partition coefficient (Wildman–Crippen LogP) is 7.81. The summed E-state index contributed by atoms with van der Waals surface area (Å²) in [7, 11) is 0. The van der Waals surface area contributed by atoms with Gasteiger partial charge >= 0.3 is 0 Å². The van der Waals surface area contributed by atoms with E-state index >= 15 is 0 Å². The maximum atomic E-state index is 12.7. The molecule has 0 saturated carbocycles. The van der Waals surface area contributed by atoms with E-state index in [0.29, 0.717) is 38.3 Å². The molecule has 0 radical (unpaired) electrons. The second-order valence-electron chi connectivity index (χ2n) is 6.92. The van der Waals surface area contributed by atoms with Crippen molar-refractivity contribution in [2.24, 2.45) is 0 Å². The average Bonchev–Trinajstić information content (AvgIpc) is 3.18. The first-order valence-corrected chi connectivity index (χ1v) is 11.2. The molecule has 0 aliphatic carbocycles. The third-order valence-electron chi connectivity index (χ3n) is 4.92. The van der Waals surface area contributed by atoms with E-state index in [9.17, 15) is 4.79 Å². The van der Waals surface area contributed by atoms with Crippen LogP contribution in [0.15, 0.2) is 77.2 Å². The molecule has 1 amide bonds. The van der Waals surface area contributed by atoms with Gasteiger partial charge in [0.1, 0.15) is 5.52 Å². The average molecular weight is 559 g/mol. The minimum Gasteiger partial charge on any atom is -0.436 e. The second-order valence-corrected chi connectivity index (χ2v) is 8.98. The van der Waals surface area contributed by atoms with Gasteiger partial charge in [0.2, 0.25) is 5.89 Å². The van der Waals surface area contributed by atoms with E-state index in [2.05, 4.69) is 32.9 Å². The lowest BCUT2D eigenvalue weighted by Gasteiger charge is -2.07. The Kier molecular flexibility index (Phi) is 5.33. The molecule has 4 aromatic carbocycles. The number of oxazole rings is 1. The number of rotatable bonds is 3. The molecule has 1 aromatic heterocycles. The number of amides is 1. The fourth-order valence-electron chi connectivity index (χ4n) is 3.45.